The fraction of sp³-hybridized carbons (Fsp3) is 0.0222. The summed E-state index contributed by atoms with van der Waals surface area (Å²) in [5.74, 6) is 1.52. The third-order valence-corrected chi connectivity index (χ3v) is 9.77. The number of hydrogen-bond donors (Lipinski definition) is 1. The van der Waals surface area contributed by atoms with Crippen LogP contribution in [0.15, 0.2) is 186 Å². The Bertz CT molecular complexity index is 2760. The maximum atomic E-state index is 5.09. The van der Waals surface area contributed by atoms with Crippen molar-refractivity contribution in [1.82, 2.24) is 14.5 Å². The predicted molar refractivity (Wildman–Crippen MR) is 207 cm³/mol. The summed E-state index contributed by atoms with van der Waals surface area (Å²) in [6.07, 6.45) is -0.239. The van der Waals surface area contributed by atoms with Gasteiger partial charge in [-0.3, -0.25) is 0 Å². The number of rotatable bonds is 5. The van der Waals surface area contributed by atoms with E-state index >= 15 is 0 Å². The fourth-order valence-electron chi connectivity index (χ4n) is 7.45. The lowest BCUT2D eigenvalue weighted by Crippen LogP contribution is -2.33. The molecular formula is C45H31N5. The summed E-state index contributed by atoms with van der Waals surface area (Å²) < 4.78 is 4.77. The smallest absolute Gasteiger partial charge is 0.159 e. The Morgan fingerprint density at radius 1 is 0.420 bits per heavy atom. The minimum absolute atomic E-state index is 0.239. The van der Waals surface area contributed by atoms with Crippen molar-refractivity contribution in [2.75, 3.05) is 0 Å². The number of fused-ring (bicyclic) bond motifs is 6. The third kappa shape index (κ3) is 4.55. The first-order valence-electron chi connectivity index (χ1n) is 17.0. The van der Waals surface area contributed by atoms with E-state index in [1.807, 2.05) is 36.4 Å². The fourth-order valence-corrected chi connectivity index (χ4v) is 7.45. The van der Waals surface area contributed by atoms with E-state index in [1.165, 1.54) is 43.6 Å². The molecule has 236 valence electrons. The highest BCUT2D eigenvalue weighted by molar-refractivity contribution is 6.19. The van der Waals surface area contributed by atoms with Crippen LogP contribution < -0.4 is 5.32 Å². The first kappa shape index (κ1) is 28.3. The maximum Gasteiger partial charge on any atom is 0.159 e. The number of amidine groups is 2. The zero-order valence-corrected chi connectivity index (χ0v) is 27.1. The summed E-state index contributed by atoms with van der Waals surface area (Å²) >= 11 is 0. The Balaban J connectivity index is 1.14. The molecular weight excluding hydrogens is 611 g/mol. The molecule has 0 saturated carbocycles. The lowest BCUT2D eigenvalue weighted by molar-refractivity contribution is 0.674. The van der Waals surface area contributed by atoms with Gasteiger partial charge in [-0.15, -0.1) is 0 Å². The lowest BCUT2D eigenvalue weighted by Gasteiger charge is -2.23. The van der Waals surface area contributed by atoms with Crippen LogP contribution in [0.4, 0.5) is 0 Å². The average Bonchev–Trinajstić information content (AvgIpc) is 3.70. The molecule has 0 bridgehead atoms. The topological polar surface area (TPSA) is 46.6 Å². The zero-order valence-electron chi connectivity index (χ0n) is 27.1. The Morgan fingerprint density at radius 3 is 1.52 bits per heavy atom. The summed E-state index contributed by atoms with van der Waals surface area (Å²) in [4.78, 5) is 10.1. The van der Waals surface area contributed by atoms with E-state index in [0.717, 1.165) is 33.9 Å². The highest BCUT2D eigenvalue weighted by atomic mass is 15.2. The summed E-state index contributed by atoms with van der Waals surface area (Å²) in [7, 11) is 0. The van der Waals surface area contributed by atoms with Crippen molar-refractivity contribution in [3.63, 3.8) is 0 Å². The van der Waals surface area contributed by atoms with E-state index in [1.54, 1.807) is 0 Å². The number of benzene rings is 7. The van der Waals surface area contributed by atoms with Crippen molar-refractivity contribution < 1.29 is 0 Å². The number of para-hydroxylation sites is 3. The average molecular weight is 642 g/mol. The molecule has 1 atom stereocenters. The van der Waals surface area contributed by atoms with Crippen LogP contribution in [0.25, 0.3) is 55.0 Å². The highest BCUT2D eigenvalue weighted by Crippen LogP contribution is 2.39. The van der Waals surface area contributed by atoms with E-state index in [9.17, 15) is 0 Å². The molecule has 3 heterocycles. The van der Waals surface area contributed by atoms with Crippen LogP contribution in [-0.4, -0.2) is 20.8 Å². The number of aliphatic imine (C=N–C) groups is 2. The molecule has 2 aromatic heterocycles. The molecule has 0 spiro atoms. The molecule has 7 aromatic carbocycles. The standard InChI is InChI=1S/C45H31N5/c1-4-14-30(15-5-1)43-46-44(31-16-6-2-7-17-31)48-45(47-43)32-24-26-34(27-25-32)50-40-23-13-11-21-36(40)38-28-41-37(29-42(38)50)35-20-10-12-22-39(35)49(41)33-18-8-3-9-19-33/h1-29,43H,(H,46,47,48). The van der Waals surface area contributed by atoms with E-state index in [4.69, 9.17) is 9.98 Å². The van der Waals surface area contributed by atoms with Crippen molar-refractivity contribution in [3.05, 3.63) is 193 Å². The molecule has 0 radical (unpaired) electrons. The number of nitrogens with one attached hydrogen (secondary N) is 1. The second-order valence-corrected chi connectivity index (χ2v) is 12.7. The van der Waals surface area contributed by atoms with Gasteiger partial charge in [0, 0.05) is 44.0 Å². The van der Waals surface area contributed by atoms with Gasteiger partial charge in [0.15, 0.2) is 5.84 Å². The monoisotopic (exact) mass is 641 g/mol. The van der Waals surface area contributed by atoms with Crippen molar-refractivity contribution in [3.8, 4) is 11.4 Å². The van der Waals surface area contributed by atoms with Crippen LogP contribution >= 0.6 is 0 Å². The van der Waals surface area contributed by atoms with Crippen LogP contribution in [0.2, 0.25) is 0 Å². The molecule has 5 nitrogen and oxygen atoms in total. The molecule has 1 aliphatic heterocycles. The Morgan fingerprint density at radius 2 is 0.920 bits per heavy atom. The molecule has 0 saturated heterocycles. The predicted octanol–water partition coefficient (Wildman–Crippen LogP) is 10.4. The quantitative estimate of drug-likeness (QED) is 0.200. The highest BCUT2D eigenvalue weighted by Gasteiger charge is 2.22. The summed E-state index contributed by atoms with van der Waals surface area (Å²) in [5, 5.41) is 8.48. The molecule has 50 heavy (non-hydrogen) atoms. The second-order valence-electron chi connectivity index (χ2n) is 12.7. The molecule has 1 aliphatic rings. The van der Waals surface area contributed by atoms with Gasteiger partial charge in [0.05, 0.1) is 22.1 Å². The van der Waals surface area contributed by atoms with E-state index in [0.29, 0.717) is 5.84 Å². The van der Waals surface area contributed by atoms with Gasteiger partial charge in [-0.05, 0) is 66.2 Å². The number of aromatic nitrogens is 2. The van der Waals surface area contributed by atoms with Gasteiger partial charge in [0.2, 0.25) is 0 Å². The van der Waals surface area contributed by atoms with Gasteiger partial charge < -0.3 is 14.5 Å². The molecule has 10 rings (SSSR count). The normalized spacial score (nSPS) is 14.6. The summed E-state index contributed by atoms with van der Waals surface area (Å²) in [5.41, 5.74) is 10.1. The number of nitrogens with zero attached hydrogens (tertiary/aromatic N) is 4. The van der Waals surface area contributed by atoms with Crippen molar-refractivity contribution in [1.29, 1.82) is 0 Å². The molecule has 5 heteroatoms. The minimum atomic E-state index is -0.239. The Hall–Kier alpha value is -6.72. The SMILES string of the molecule is c1ccc(C2=NC(c3ccc(-n4c5ccccc5c5cc6c(cc54)c4ccccc4n6-c4ccccc4)cc3)=NC(c3ccccc3)N2)cc1. The van der Waals surface area contributed by atoms with Crippen molar-refractivity contribution in [2.24, 2.45) is 9.98 Å². The summed E-state index contributed by atoms with van der Waals surface area (Å²) in [6.45, 7) is 0. The zero-order chi connectivity index (χ0) is 33.0. The Kier molecular flexibility index (Phi) is 6.49. The largest absolute Gasteiger partial charge is 0.344 e. The van der Waals surface area contributed by atoms with E-state index < -0.39 is 0 Å². The van der Waals surface area contributed by atoms with Crippen molar-refractivity contribution in [2.45, 2.75) is 6.17 Å². The second kappa shape index (κ2) is 11.5. The van der Waals surface area contributed by atoms with Gasteiger partial charge in [0.25, 0.3) is 0 Å². The first-order valence-corrected chi connectivity index (χ1v) is 17.0. The van der Waals surface area contributed by atoms with E-state index in [2.05, 4.69) is 154 Å². The molecule has 0 aliphatic carbocycles. The lowest BCUT2D eigenvalue weighted by atomic mass is 10.1. The summed E-state index contributed by atoms with van der Waals surface area (Å²) in [6, 6.07) is 62.1. The third-order valence-electron chi connectivity index (χ3n) is 9.77. The molecule has 0 fully saturated rings. The van der Waals surface area contributed by atoms with Crippen LogP contribution in [0.1, 0.15) is 22.9 Å². The van der Waals surface area contributed by atoms with Gasteiger partial charge in [0.1, 0.15) is 12.0 Å². The van der Waals surface area contributed by atoms with Crippen LogP contribution in [0.5, 0.6) is 0 Å². The maximum absolute atomic E-state index is 5.09. The molecule has 1 unspecified atom stereocenters. The van der Waals surface area contributed by atoms with Gasteiger partial charge in [-0.2, -0.15) is 0 Å². The van der Waals surface area contributed by atoms with Gasteiger partial charge in [-0.1, -0.05) is 115 Å². The Labute approximate surface area is 289 Å². The van der Waals surface area contributed by atoms with Gasteiger partial charge >= 0.3 is 0 Å². The molecule has 9 aromatic rings. The minimum Gasteiger partial charge on any atom is -0.344 e. The van der Waals surface area contributed by atoms with Crippen molar-refractivity contribution >= 4 is 55.3 Å². The van der Waals surface area contributed by atoms with Crippen LogP contribution in [0.3, 0.4) is 0 Å². The molecule has 0 amide bonds. The van der Waals surface area contributed by atoms with E-state index in [-0.39, 0.29) is 6.17 Å². The first-order chi connectivity index (χ1) is 24.8. The molecule has 1 N–H and O–H groups in total. The number of hydrogen-bond acceptors (Lipinski definition) is 3. The van der Waals surface area contributed by atoms with Crippen LogP contribution in [-0.2, 0) is 0 Å². The van der Waals surface area contributed by atoms with Gasteiger partial charge in [-0.25, -0.2) is 9.98 Å². The van der Waals surface area contributed by atoms with Crippen LogP contribution in [0, 0.1) is 0 Å².